The fourth-order valence-electron chi connectivity index (χ4n) is 2.09. The number of carbonyl (C=O) groups is 2. The number of likely N-dealkylation sites (N-methyl/N-ethyl adjacent to an activating group) is 1. The van der Waals surface area contributed by atoms with Crippen molar-refractivity contribution >= 4 is 40.7 Å². The maximum atomic E-state index is 12.3. The van der Waals surface area contributed by atoms with E-state index in [1.807, 2.05) is 6.92 Å². The molecule has 0 aromatic heterocycles. The summed E-state index contributed by atoms with van der Waals surface area (Å²) in [5.74, 6) is 0.317. The molecule has 27 heavy (non-hydrogen) atoms. The van der Waals surface area contributed by atoms with Crippen LogP contribution in [0.3, 0.4) is 0 Å². The average molecular weight is 411 g/mol. The van der Waals surface area contributed by atoms with E-state index < -0.39 is 6.10 Å². The van der Waals surface area contributed by atoms with Crippen LogP contribution in [-0.2, 0) is 9.59 Å². The Bertz CT molecular complexity index is 797. The van der Waals surface area contributed by atoms with E-state index in [0.717, 1.165) is 0 Å². The Morgan fingerprint density at radius 3 is 2.48 bits per heavy atom. The van der Waals surface area contributed by atoms with Gasteiger partial charge in [-0.3, -0.25) is 9.59 Å². The molecule has 2 aromatic carbocycles. The molecule has 0 radical (unpaired) electrons. The molecule has 0 spiro atoms. The second kappa shape index (κ2) is 10.0. The summed E-state index contributed by atoms with van der Waals surface area (Å²) in [4.78, 5) is 23.7. The molecule has 2 amide bonds. The van der Waals surface area contributed by atoms with Crippen LogP contribution in [-0.4, -0.2) is 31.1 Å². The molecule has 2 N–H and O–H groups in total. The molecule has 0 aliphatic carbocycles. The van der Waals surface area contributed by atoms with Crippen molar-refractivity contribution in [2.45, 2.75) is 20.0 Å². The topological polar surface area (TPSA) is 76.7 Å². The first-order valence-corrected chi connectivity index (χ1v) is 9.07. The second-order valence-electron chi connectivity index (χ2n) is 5.57. The smallest absolute Gasteiger partial charge is 0.265 e. The molecule has 0 aliphatic heterocycles. The zero-order chi connectivity index (χ0) is 19.8. The van der Waals surface area contributed by atoms with Gasteiger partial charge in [-0.05, 0) is 50.2 Å². The molecule has 0 fully saturated rings. The highest BCUT2D eigenvalue weighted by Gasteiger charge is 2.17. The highest BCUT2D eigenvalue weighted by atomic mass is 35.5. The first kappa shape index (κ1) is 20.9. The monoisotopic (exact) mass is 410 g/mol. The van der Waals surface area contributed by atoms with Crippen molar-refractivity contribution < 1.29 is 19.1 Å². The summed E-state index contributed by atoms with van der Waals surface area (Å²) in [7, 11) is 0. The van der Waals surface area contributed by atoms with E-state index in [2.05, 4.69) is 10.6 Å². The van der Waals surface area contributed by atoms with Gasteiger partial charge in [-0.25, -0.2) is 0 Å². The summed E-state index contributed by atoms with van der Waals surface area (Å²) in [6.07, 6.45) is -0.783. The van der Waals surface area contributed by atoms with Crippen LogP contribution in [0, 0.1) is 0 Å². The van der Waals surface area contributed by atoms with Gasteiger partial charge < -0.3 is 20.1 Å². The Labute approximate surface area is 167 Å². The van der Waals surface area contributed by atoms with Gasteiger partial charge in [-0.15, -0.1) is 0 Å². The average Bonchev–Trinajstić information content (AvgIpc) is 2.65. The van der Waals surface area contributed by atoms with E-state index in [1.54, 1.807) is 49.4 Å². The second-order valence-corrected chi connectivity index (χ2v) is 6.35. The van der Waals surface area contributed by atoms with E-state index in [0.29, 0.717) is 28.8 Å². The van der Waals surface area contributed by atoms with Crippen molar-refractivity contribution in [2.75, 3.05) is 18.5 Å². The Morgan fingerprint density at radius 1 is 1.11 bits per heavy atom. The normalized spacial score (nSPS) is 11.4. The molecule has 0 saturated heterocycles. The highest BCUT2D eigenvalue weighted by molar-refractivity contribution is 6.42. The van der Waals surface area contributed by atoms with Crippen LogP contribution in [0.5, 0.6) is 11.5 Å². The maximum absolute atomic E-state index is 12.3. The number of benzene rings is 2. The van der Waals surface area contributed by atoms with E-state index in [1.165, 1.54) is 0 Å². The largest absolute Gasteiger partial charge is 0.484 e. The first-order chi connectivity index (χ1) is 12.9. The van der Waals surface area contributed by atoms with Crippen molar-refractivity contribution in [3.8, 4) is 11.5 Å². The van der Waals surface area contributed by atoms with Crippen molar-refractivity contribution in [3.05, 3.63) is 52.5 Å². The molecule has 0 bridgehead atoms. The molecule has 8 heteroatoms. The fraction of sp³-hybridized carbons (Fsp3) is 0.263. The summed E-state index contributed by atoms with van der Waals surface area (Å²) in [6.45, 7) is 3.93. The molecule has 1 atom stereocenters. The highest BCUT2D eigenvalue weighted by Crippen LogP contribution is 2.32. The zero-order valence-electron chi connectivity index (χ0n) is 14.9. The number of ether oxygens (including phenoxy) is 2. The third-order valence-corrected chi connectivity index (χ3v) is 4.26. The maximum Gasteiger partial charge on any atom is 0.265 e. The fourth-order valence-corrected chi connectivity index (χ4v) is 2.43. The Kier molecular flexibility index (Phi) is 7.76. The number of nitrogens with one attached hydrogen (secondary N) is 2. The Balaban J connectivity index is 1.89. The Hall–Kier alpha value is -2.44. The summed E-state index contributed by atoms with van der Waals surface area (Å²) >= 11 is 12.0. The molecule has 1 unspecified atom stereocenters. The van der Waals surface area contributed by atoms with Gasteiger partial charge in [0.05, 0.1) is 5.02 Å². The van der Waals surface area contributed by atoms with Crippen LogP contribution >= 0.6 is 23.2 Å². The minimum atomic E-state index is -0.783. The van der Waals surface area contributed by atoms with Gasteiger partial charge in [-0.2, -0.15) is 0 Å². The molecular weight excluding hydrogens is 391 g/mol. The minimum absolute atomic E-state index is 0.0647. The van der Waals surface area contributed by atoms with Crippen LogP contribution < -0.4 is 20.1 Å². The van der Waals surface area contributed by atoms with Crippen LogP contribution in [0.25, 0.3) is 0 Å². The van der Waals surface area contributed by atoms with Gasteiger partial charge in [0.15, 0.2) is 12.7 Å². The van der Waals surface area contributed by atoms with Crippen molar-refractivity contribution in [3.63, 3.8) is 0 Å². The van der Waals surface area contributed by atoms with E-state index in [-0.39, 0.29) is 23.4 Å². The number of carbonyl (C=O) groups excluding carboxylic acids is 2. The van der Waals surface area contributed by atoms with Gasteiger partial charge in [0, 0.05) is 12.2 Å². The van der Waals surface area contributed by atoms with Crippen LogP contribution in [0.15, 0.2) is 42.5 Å². The molecule has 2 rings (SSSR count). The first-order valence-electron chi connectivity index (χ1n) is 8.31. The van der Waals surface area contributed by atoms with Crippen molar-refractivity contribution in [2.24, 2.45) is 0 Å². The molecule has 0 heterocycles. The van der Waals surface area contributed by atoms with Gasteiger partial charge in [0.25, 0.3) is 11.8 Å². The standard InChI is InChI=1S/C19H20Cl2N2O4/c1-3-22-17(24)11-26-14-9-7-13(8-10-14)23-19(25)12(2)27-16-6-4-5-15(20)18(16)21/h4-10,12H,3,11H2,1-2H3,(H,22,24)(H,23,25). The molecule has 0 saturated carbocycles. The van der Waals surface area contributed by atoms with E-state index in [4.69, 9.17) is 32.7 Å². The molecule has 144 valence electrons. The predicted molar refractivity (Wildman–Crippen MR) is 106 cm³/mol. The predicted octanol–water partition coefficient (Wildman–Crippen LogP) is 3.91. The summed E-state index contributed by atoms with van der Waals surface area (Å²) < 4.78 is 10.9. The lowest BCUT2D eigenvalue weighted by atomic mass is 10.2. The number of hydrogen-bond donors (Lipinski definition) is 2. The molecule has 0 aliphatic rings. The summed E-state index contributed by atoms with van der Waals surface area (Å²) in [6, 6.07) is 11.6. The van der Waals surface area contributed by atoms with E-state index in [9.17, 15) is 9.59 Å². The third-order valence-electron chi connectivity index (χ3n) is 3.45. The van der Waals surface area contributed by atoms with Gasteiger partial charge in [-0.1, -0.05) is 29.3 Å². The number of halogens is 2. The summed E-state index contributed by atoms with van der Waals surface area (Å²) in [5, 5.41) is 5.98. The zero-order valence-corrected chi connectivity index (χ0v) is 16.4. The SMILES string of the molecule is CCNC(=O)COc1ccc(NC(=O)C(C)Oc2cccc(Cl)c2Cl)cc1. The minimum Gasteiger partial charge on any atom is -0.484 e. The molecule has 2 aromatic rings. The summed E-state index contributed by atoms with van der Waals surface area (Å²) in [5.41, 5.74) is 0.568. The van der Waals surface area contributed by atoms with E-state index >= 15 is 0 Å². The van der Waals surface area contributed by atoms with Gasteiger partial charge >= 0.3 is 0 Å². The van der Waals surface area contributed by atoms with Crippen LogP contribution in [0.1, 0.15) is 13.8 Å². The van der Waals surface area contributed by atoms with Crippen LogP contribution in [0.2, 0.25) is 10.0 Å². The third kappa shape index (κ3) is 6.34. The lowest BCUT2D eigenvalue weighted by molar-refractivity contribution is -0.123. The lowest BCUT2D eigenvalue weighted by Crippen LogP contribution is -2.30. The van der Waals surface area contributed by atoms with Crippen LogP contribution in [0.4, 0.5) is 5.69 Å². The number of amides is 2. The number of anilines is 1. The Morgan fingerprint density at radius 2 is 1.81 bits per heavy atom. The number of hydrogen-bond acceptors (Lipinski definition) is 4. The van der Waals surface area contributed by atoms with Crippen molar-refractivity contribution in [1.82, 2.24) is 5.32 Å². The lowest BCUT2D eigenvalue weighted by Gasteiger charge is -2.16. The van der Waals surface area contributed by atoms with Gasteiger partial charge in [0.2, 0.25) is 0 Å². The number of rotatable bonds is 8. The molecular formula is C19H20Cl2N2O4. The van der Waals surface area contributed by atoms with Crippen molar-refractivity contribution in [1.29, 1.82) is 0 Å². The van der Waals surface area contributed by atoms with Gasteiger partial charge in [0.1, 0.15) is 16.5 Å². The quantitative estimate of drug-likeness (QED) is 0.691. The molecule has 6 nitrogen and oxygen atoms in total.